The van der Waals surface area contributed by atoms with Crippen LogP contribution in [0.15, 0.2) is 60.4 Å². The molecule has 2 amide bonds. The molecule has 0 saturated heterocycles. The molecule has 150 valence electrons. The van der Waals surface area contributed by atoms with E-state index in [0.717, 1.165) is 16.5 Å². The van der Waals surface area contributed by atoms with Crippen LogP contribution in [0.5, 0.6) is 0 Å². The van der Waals surface area contributed by atoms with Gasteiger partial charge in [-0.05, 0) is 30.7 Å². The molecule has 7 heteroatoms. The predicted octanol–water partition coefficient (Wildman–Crippen LogP) is 2.59. The van der Waals surface area contributed by atoms with Crippen molar-refractivity contribution in [3.8, 4) is 0 Å². The Morgan fingerprint density at radius 1 is 1.14 bits per heavy atom. The minimum Gasteiger partial charge on any atom is -0.396 e. The van der Waals surface area contributed by atoms with Gasteiger partial charge in [0.2, 0.25) is 0 Å². The number of benzene rings is 2. The summed E-state index contributed by atoms with van der Waals surface area (Å²) in [5.74, 6) is -1.90. The van der Waals surface area contributed by atoms with Crippen molar-refractivity contribution in [2.75, 3.05) is 13.2 Å². The number of fused-ring (bicyclic) bond motifs is 1. The zero-order valence-electron chi connectivity index (χ0n) is 16.0. The SMILES string of the molecule is Cn1cc(/C=C(\NC(=O)c2ccccc2F)C(=O)NCCCO)c2ccccc21. The van der Waals surface area contributed by atoms with Gasteiger partial charge in [0, 0.05) is 42.9 Å². The largest absolute Gasteiger partial charge is 0.396 e. The van der Waals surface area contributed by atoms with E-state index in [1.807, 2.05) is 42.1 Å². The minimum absolute atomic E-state index is 0.00690. The van der Waals surface area contributed by atoms with Gasteiger partial charge in [-0.15, -0.1) is 0 Å². The Bertz CT molecular complexity index is 1070. The van der Waals surface area contributed by atoms with Gasteiger partial charge in [-0.25, -0.2) is 4.39 Å². The summed E-state index contributed by atoms with van der Waals surface area (Å²) in [7, 11) is 1.89. The van der Waals surface area contributed by atoms with Crippen LogP contribution >= 0.6 is 0 Å². The summed E-state index contributed by atoms with van der Waals surface area (Å²) in [5, 5.41) is 15.0. The molecule has 0 radical (unpaired) electrons. The summed E-state index contributed by atoms with van der Waals surface area (Å²) in [6, 6.07) is 13.2. The highest BCUT2D eigenvalue weighted by atomic mass is 19.1. The summed E-state index contributed by atoms with van der Waals surface area (Å²) >= 11 is 0. The highest BCUT2D eigenvalue weighted by Gasteiger charge is 2.17. The number of aromatic nitrogens is 1. The summed E-state index contributed by atoms with van der Waals surface area (Å²) in [5.41, 5.74) is 1.55. The van der Waals surface area contributed by atoms with E-state index in [2.05, 4.69) is 10.6 Å². The van der Waals surface area contributed by atoms with E-state index in [0.29, 0.717) is 6.42 Å². The standard InChI is InChI=1S/C22H22FN3O3/c1-26-14-15(16-7-3-5-10-20(16)26)13-19(22(29)24-11-6-12-27)25-21(28)17-8-2-4-9-18(17)23/h2-5,7-10,13-14,27H,6,11-12H2,1H3,(H,24,29)(H,25,28)/b19-13-. The minimum atomic E-state index is -0.716. The van der Waals surface area contributed by atoms with Gasteiger partial charge in [0.25, 0.3) is 11.8 Å². The van der Waals surface area contributed by atoms with Gasteiger partial charge in [-0.2, -0.15) is 0 Å². The third kappa shape index (κ3) is 4.70. The van der Waals surface area contributed by atoms with E-state index in [-0.39, 0.29) is 24.4 Å². The zero-order chi connectivity index (χ0) is 20.8. The van der Waals surface area contributed by atoms with Crippen LogP contribution < -0.4 is 10.6 Å². The van der Waals surface area contributed by atoms with Crippen molar-refractivity contribution < 1.29 is 19.1 Å². The molecule has 0 aliphatic rings. The number of aryl methyl sites for hydroxylation is 1. The van der Waals surface area contributed by atoms with Gasteiger partial charge in [-0.3, -0.25) is 9.59 Å². The van der Waals surface area contributed by atoms with Gasteiger partial charge >= 0.3 is 0 Å². The van der Waals surface area contributed by atoms with Crippen molar-refractivity contribution in [1.29, 1.82) is 0 Å². The highest BCUT2D eigenvalue weighted by Crippen LogP contribution is 2.22. The average molecular weight is 395 g/mol. The second-order valence-corrected chi connectivity index (χ2v) is 6.54. The van der Waals surface area contributed by atoms with Crippen molar-refractivity contribution in [3.63, 3.8) is 0 Å². The summed E-state index contributed by atoms with van der Waals surface area (Å²) < 4.78 is 15.9. The topological polar surface area (TPSA) is 83.4 Å². The van der Waals surface area contributed by atoms with Crippen LogP contribution in [-0.2, 0) is 11.8 Å². The van der Waals surface area contributed by atoms with Crippen molar-refractivity contribution in [3.05, 3.63) is 77.4 Å². The lowest BCUT2D eigenvalue weighted by Crippen LogP contribution is -2.35. The third-order valence-electron chi connectivity index (χ3n) is 4.46. The fourth-order valence-corrected chi connectivity index (χ4v) is 3.01. The number of para-hydroxylation sites is 1. The van der Waals surface area contributed by atoms with E-state index in [9.17, 15) is 14.0 Å². The predicted molar refractivity (Wildman–Crippen MR) is 109 cm³/mol. The molecule has 1 heterocycles. The number of rotatable bonds is 7. The zero-order valence-corrected chi connectivity index (χ0v) is 16.0. The molecular weight excluding hydrogens is 373 g/mol. The number of hydrogen-bond acceptors (Lipinski definition) is 3. The Hall–Kier alpha value is -3.45. The molecule has 0 saturated carbocycles. The van der Waals surface area contributed by atoms with Gasteiger partial charge in [0.15, 0.2) is 0 Å². The monoisotopic (exact) mass is 395 g/mol. The van der Waals surface area contributed by atoms with Crippen molar-refractivity contribution >= 4 is 28.8 Å². The van der Waals surface area contributed by atoms with Crippen molar-refractivity contribution in [2.24, 2.45) is 7.05 Å². The lowest BCUT2D eigenvalue weighted by atomic mass is 10.1. The molecule has 0 bridgehead atoms. The average Bonchev–Trinajstić information content (AvgIpc) is 3.03. The number of aliphatic hydroxyl groups is 1. The fourth-order valence-electron chi connectivity index (χ4n) is 3.01. The summed E-state index contributed by atoms with van der Waals surface area (Å²) in [6.45, 7) is 0.183. The normalized spacial score (nSPS) is 11.5. The fraction of sp³-hybridized carbons (Fsp3) is 0.182. The first-order valence-electron chi connectivity index (χ1n) is 9.22. The second kappa shape index (κ2) is 9.16. The van der Waals surface area contributed by atoms with E-state index in [1.165, 1.54) is 18.2 Å². The molecule has 0 unspecified atom stereocenters. The second-order valence-electron chi connectivity index (χ2n) is 6.54. The van der Waals surface area contributed by atoms with Crippen LogP contribution in [-0.4, -0.2) is 34.6 Å². The Balaban J connectivity index is 1.96. The molecule has 0 fully saturated rings. The first kappa shape index (κ1) is 20.3. The molecule has 1 aromatic heterocycles. The summed E-state index contributed by atoms with van der Waals surface area (Å²) in [4.78, 5) is 25.2. The molecule has 0 atom stereocenters. The number of aliphatic hydroxyl groups excluding tert-OH is 1. The number of amides is 2. The molecule has 0 spiro atoms. The van der Waals surface area contributed by atoms with E-state index >= 15 is 0 Å². The van der Waals surface area contributed by atoms with Gasteiger partial charge in [0.1, 0.15) is 11.5 Å². The number of nitrogens with zero attached hydrogens (tertiary/aromatic N) is 1. The Kier molecular flexibility index (Phi) is 6.41. The van der Waals surface area contributed by atoms with E-state index in [1.54, 1.807) is 12.1 Å². The molecule has 0 aliphatic carbocycles. The molecule has 3 N–H and O–H groups in total. The van der Waals surface area contributed by atoms with Crippen LogP contribution in [0.3, 0.4) is 0 Å². The molecule has 2 aromatic carbocycles. The number of carbonyl (C=O) groups excluding carboxylic acids is 2. The van der Waals surface area contributed by atoms with Gasteiger partial charge in [0.05, 0.1) is 5.56 Å². The van der Waals surface area contributed by atoms with Crippen LogP contribution in [0.4, 0.5) is 4.39 Å². The van der Waals surface area contributed by atoms with Crippen LogP contribution in [0.1, 0.15) is 22.3 Å². The Labute approximate surface area is 167 Å². The molecule has 6 nitrogen and oxygen atoms in total. The van der Waals surface area contributed by atoms with Crippen LogP contribution in [0.25, 0.3) is 17.0 Å². The quantitative estimate of drug-likeness (QED) is 0.425. The van der Waals surface area contributed by atoms with Gasteiger partial charge in [-0.1, -0.05) is 30.3 Å². The molecule has 3 aromatic rings. The molecular formula is C22H22FN3O3. The smallest absolute Gasteiger partial charge is 0.267 e. The lowest BCUT2D eigenvalue weighted by molar-refractivity contribution is -0.117. The Morgan fingerprint density at radius 2 is 1.86 bits per heavy atom. The van der Waals surface area contributed by atoms with Crippen LogP contribution in [0.2, 0.25) is 0 Å². The maximum atomic E-state index is 14.0. The maximum absolute atomic E-state index is 14.0. The number of nitrogens with one attached hydrogen (secondary N) is 2. The van der Waals surface area contributed by atoms with Crippen molar-refractivity contribution in [2.45, 2.75) is 6.42 Å². The number of hydrogen-bond donors (Lipinski definition) is 3. The number of carbonyl (C=O) groups is 2. The number of halogens is 1. The molecule has 29 heavy (non-hydrogen) atoms. The highest BCUT2D eigenvalue weighted by molar-refractivity contribution is 6.06. The van der Waals surface area contributed by atoms with E-state index < -0.39 is 17.6 Å². The molecule has 3 rings (SSSR count). The lowest BCUT2D eigenvalue weighted by Gasteiger charge is -2.11. The Morgan fingerprint density at radius 3 is 2.62 bits per heavy atom. The van der Waals surface area contributed by atoms with Crippen LogP contribution in [0, 0.1) is 5.82 Å². The first-order chi connectivity index (χ1) is 14.0. The molecule has 0 aliphatic heterocycles. The summed E-state index contributed by atoms with van der Waals surface area (Å²) in [6.07, 6.45) is 3.80. The first-order valence-corrected chi connectivity index (χ1v) is 9.22. The van der Waals surface area contributed by atoms with E-state index in [4.69, 9.17) is 5.11 Å². The van der Waals surface area contributed by atoms with Crippen molar-refractivity contribution in [1.82, 2.24) is 15.2 Å². The third-order valence-corrected chi connectivity index (χ3v) is 4.46. The maximum Gasteiger partial charge on any atom is 0.267 e. The van der Waals surface area contributed by atoms with Gasteiger partial charge < -0.3 is 20.3 Å².